The van der Waals surface area contributed by atoms with Crippen molar-refractivity contribution in [2.24, 2.45) is 0 Å². The van der Waals surface area contributed by atoms with Crippen molar-refractivity contribution in [3.8, 4) is 0 Å². The number of nitrogens with zero attached hydrogens (tertiary/aromatic N) is 2. The van der Waals surface area contributed by atoms with Crippen LogP contribution in [0.4, 0.5) is 0 Å². The molecule has 0 radical (unpaired) electrons. The molecule has 0 unspecified atom stereocenters. The lowest BCUT2D eigenvalue weighted by Crippen LogP contribution is -2.47. The zero-order chi connectivity index (χ0) is 13.5. The summed E-state index contributed by atoms with van der Waals surface area (Å²) in [5, 5.41) is 6.96. The molecule has 104 valence electrons. The molecule has 6 nitrogen and oxygen atoms in total. The van der Waals surface area contributed by atoms with Crippen molar-refractivity contribution >= 4 is 5.91 Å². The fourth-order valence-corrected chi connectivity index (χ4v) is 2.68. The maximum Gasteiger partial charge on any atom is 0.274 e. The second-order valence-corrected chi connectivity index (χ2v) is 5.22. The van der Waals surface area contributed by atoms with Crippen LogP contribution in [0.2, 0.25) is 0 Å². The minimum absolute atomic E-state index is 0.00491. The summed E-state index contributed by atoms with van der Waals surface area (Å²) < 4.78 is 11.3. The first kappa shape index (κ1) is 12.6. The lowest BCUT2D eigenvalue weighted by molar-refractivity contribution is -0.181. The van der Waals surface area contributed by atoms with Crippen LogP contribution < -0.4 is 0 Å². The van der Waals surface area contributed by atoms with E-state index in [0.29, 0.717) is 32.0 Å². The Hall–Kier alpha value is -1.40. The fraction of sp³-hybridized carbons (Fsp3) is 0.692. The van der Waals surface area contributed by atoms with Crippen LogP contribution in [0, 0.1) is 13.8 Å². The van der Waals surface area contributed by atoms with Crippen molar-refractivity contribution in [2.75, 3.05) is 26.3 Å². The Kier molecular flexibility index (Phi) is 3.06. The van der Waals surface area contributed by atoms with Crippen LogP contribution >= 0.6 is 0 Å². The Morgan fingerprint density at radius 1 is 1.26 bits per heavy atom. The third kappa shape index (κ3) is 2.15. The molecule has 0 aromatic carbocycles. The fourth-order valence-electron chi connectivity index (χ4n) is 2.68. The first-order valence-corrected chi connectivity index (χ1v) is 6.70. The zero-order valence-electron chi connectivity index (χ0n) is 11.4. The molecule has 19 heavy (non-hydrogen) atoms. The van der Waals surface area contributed by atoms with E-state index >= 15 is 0 Å². The van der Waals surface area contributed by atoms with Gasteiger partial charge in [-0.3, -0.25) is 9.89 Å². The summed E-state index contributed by atoms with van der Waals surface area (Å²) in [6, 6.07) is 0. The zero-order valence-corrected chi connectivity index (χ0v) is 11.4. The molecule has 6 heteroatoms. The van der Waals surface area contributed by atoms with E-state index in [0.717, 1.165) is 24.1 Å². The summed E-state index contributed by atoms with van der Waals surface area (Å²) in [6.45, 7) is 6.47. The van der Waals surface area contributed by atoms with Gasteiger partial charge >= 0.3 is 0 Å². The SMILES string of the molecule is Cc1[nH]nc(C(=O)N2CCC3(CC2)OCCO3)c1C. The highest BCUT2D eigenvalue weighted by Gasteiger charge is 2.41. The Morgan fingerprint density at radius 3 is 2.42 bits per heavy atom. The summed E-state index contributed by atoms with van der Waals surface area (Å²) >= 11 is 0. The van der Waals surface area contributed by atoms with E-state index in [2.05, 4.69) is 10.2 Å². The Balaban J connectivity index is 1.68. The molecule has 0 saturated carbocycles. The normalized spacial score (nSPS) is 22.1. The molecule has 0 aliphatic carbocycles. The summed E-state index contributed by atoms with van der Waals surface area (Å²) in [5.41, 5.74) is 2.40. The summed E-state index contributed by atoms with van der Waals surface area (Å²) in [5.74, 6) is -0.442. The first-order valence-electron chi connectivity index (χ1n) is 6.70. The second kappa shape index (κ2) is 4.61. The number of ether oxygens (including phenoxy) is 2. The molecule has 1 aromatic rings. The molecule has 3 heterocycles. The number of carbonyl (C=O) groups is 1. The number of rotatable bonds is 1. The molecular weight excluding hydrogens is 246 g/mol. The number of aromatic nitrogens is 2. The van der Waals surface area contributed by atoms with E-state index < -0.39 is 5.79 Å². The van der Waals surface area contributed by atoms with Gasteiger partial charge in [0, 0.05) is 37.2 Å². The number of nitrogens with one attached hydrogen (secondary N) is 1. The second-order valence-electron chi connectivity index (χ2n) is 5.22. The van der Waals surface area contributed by atoms with Crippen LogP contribution in [0.3, 0.4) is 0 Å². The number of likely N-dealkylation sites (tertiary alicyclic amines) is 1. The van der Waals surface area contributed by atoms with Gasteiger partial charge in [0.1, 0.15) is 0 Å². The number of amides is 1. The third-order valence-electron chi connectivity index (χ3n) is 4.08. The molecule has 2 aliphatic rings. The quantitative estimate of drug-likeness (QED) is 0.822. The molecule has 0 bridgehead atoms. The van der Waals surface area contributed by atoms with E-state index in [-0.39, 0.29) is 5.91 Å². The summed E-state index contributed by atoms with van der Waals surface area (Å²) in [6.07, 6.45) is 1.47. The van der Waals surface area contributed by atoms with E-state index in [1.807, 2.05) is 18.7 Å². The van der Waals surface area contributed by atoms with E-state index in [1.54, 1.807) is 0 Å². The number of piperidine rings is 1. The van der Waals surface area contributed by atoms with Gasteiger partial charge in [0.05, 0.1) is 13.2 Å². The van der Waals surface area contributed by atoms with Gasteiger partial charge < -0.3 is 14.4 Å². The van der Waals surface area contributed by atoms with Crippen LogP contribution in [-0.4, -0.2) is 53.1 Å². The molecule has 3 rings (SSSR count). The number of carbonyl (C=O) groups excluding carboxylic acids is 1. The molecule has 1 spiro atoms. The number of aromatic amines is 1. The van der Waals surface area contributed by atoms with Gasteiger partial charge in [0.2, 0.25) is 0 Å². The number of hydrogen-bond acceptors (Lipinski definition) is 4. The summed E-state index contributed by atoms with van der Waals surface area (Å²) in [7, 11) is 0. The van der Waals surface area contributed by atoms with Crippen LogP contribution in [0.25, 0.3) is 0 Å². The van der Waals surface area contributed by atoms with Crippen molar-refractivity contribution < 1.29 is 14.3 Å². The van der Waals surface area contributed by atoms with Crippen molar-refractivity contribution in [1.82, 2.24) is 15.1 Å². The molecule has 2 fully saturated rings. The standard InChI is InChI=1S/C13H19N3O3/c1-9-10(2)14-15-11(9)12(17)16-5-3-13(4-6-16)18-7-8-19-13/h3-8H2,1-2H3,(H,14,15). The van der Waals surface area contributed by atoms with E-state index in [4.69, 9.17) is 9.47 Å². The Morgan fingerprint density at radius 2 is 1.89 bits per heavy atom. The van der Waals surface area contributed by atoms with E-state index in [1.165, 1.54) is 0 Å². The molecule has 1 aromatic heterocycles. The number of aryl methyl sites for hydroxylation is 1. The molecule has 2 saturated heterocycles. The first-order chi connectivity index (χ1) is 9.11. The van der Waals surface area contributed by atoms with Crippen molar-refractivity contribution in [3.05, 3.63) is 17.0 Å². The molecule has 1 amide bonds. The molecule has 2 aliphatic heterocycles. The van der Waals surface area contributed by atoms with Gasteiger partial charge in [0.15, 0.2) is 11.5 Å². The average molecular weight is 265 g/mol. The van der Waals surface area contributed by atoms with Crippen LogP contribution in [0.5, 0.6) is 0 Å². The van der Waals surface area contributed by atoms with Gasteiger partial charge in [0.25, 0.3) is 5.91 Å². The number of H-pyrrole nitrogens is 1. The maximum absolute atomic E-state index is 12.4. The topological polar surface area (TPSA) is 67.5 Å². The molecule has 0 atom stereocenters. The van der Waals surface area contributed by atoms with Crippen LogP contribution in [0.15, 0.2) is 0 Å². The van der Waals surface area contributed by atoms with Gasteiger partial charge in [-0.05, 0) is 13.8 Å². The lowest BCUT2D eigenvalue weighted by Gasteiger charge is -2.37. The predicted octanol–water partition coefficient (Wildman–Crippen LogP) is 1.01. The van der Waals surface area contributed by atoms with Gasteiger partial charge in [-0.25, -0.2) is 0 Å². The minimum atomic E-state index is -0.437. The van der Waals surface area contributed by atoms with Crippen molar-refractivity contribution in [2.45, 2.75) is 32.5 Å². The maximum atomic E-state index is 12.4. The van der Waals surface area contributed by atoms with Gasteiger partial charge in [-0.2, -0.15) is 5.10 Å². The highest BCUT2D eigenvalue weighted by atomic mass is 16.7. The van der Waals surface area contributed by atoms with Gasteiger partial charge in [-0.15, -0.1) is 0 Å². The highest BCUT2D eigenvalue weighted by molar-refractivity contribution is 5.93. The molecule has 1 N–H and O–H groups in total. The van der Waals surface area contributed by atoms with Crippen molar-refractivity contribution in [3.63, 3.8) is 0 Å². The van der Waals surface area contributed by atoms with E-state index in [9.17, 15) is 4.79 Å². The van der Waals surface area contributed by atoms with Crippen LogP contribution in [-0.2, 0) is 9.47 Å². The molecular formula is C13H19N3O3. The average Bonchev–Trinajstić information content (AvgIpc) is 2.99. The summed E-state index contributed by atoms with van der Waals surface area (Å²) in [4.78, 5) is 14.2. The Bertz CT molecular complexity index is 481. The minimum Gasteiger partial charge on any atom is -0.347 e. The Labute approximate surface area is 112 Å². The van der Waals surface area contributed by atoms with Crippen molar-refractivity contribution in [1.29, 1.82) is 0 Å². The van der Waals surface area contributed by atoms with Crippen LogP contribution in [0.1, 0.15) is 34.6 Å². The monoisotopic (exact) mass is 265 g/mol. The smallest absolute Gasteiger partial charge is 0.274 e. The predicted molar refractivity (Wildman–Crippen MR) is 67.8 cm³/mol. The largest absolute Gasteiger partial charge is 0.347 e. The number of hydrogen-bond donors (Lipinski definition) is 1. The lowest BCUT2D eigenvalue weighted by atomic mass is 10.0. The highest BCUT2D eigenvalue weighted by Crippen LogP contribution is 2.31. The third-order valence-corrected chi connectivity index (χ3v) is 4.08. The van der Waals surface area contributed by atoms with Gasteiger partial charge in [-0.1, -0.05) is 0 Å².